The third-order valence-electron chi connectivity index (χ3n) is 3.26. The lowest BCUT2D eigenvalue weighted by molar-refractivity contribution is 0.0521. The van der Waals surface area contributed by atoms with Crippen LogP contribution in [0.2, 0.25) is 0 Å². The molecule has 112 valence electrons. The van der Waals surface area contributed by atoms with E-state index >= 15 is 0 Å². The first-order chi connectivity index (χ1) is 10.6. The molecule has 0 aliphatic heterocycles. The molecule has 6 heteroatoms. The highest BCUT2D eigenvalue weighted by molar-refractivity contribution is 5.93. The monoisotopic (exact) mass is 298 g/mol. The minimum Gasteiger partial charge on any atom is -0.462 e. The third kappa shape index (κ3) is 2.28. The summed E-state index contributed by atoms with van der Waals surface area (Å²) in [5.41, 5.74) is 0.885. The lowest BCUT2D eigenvalue weighted by Crippen LogP contribution is -2.16. The van der Waals surface area contributed by atoms with Crippen LogP contribution in [0.1, 0.15) is 23.0 Å². The fourth-order valence-corrected chi connectivity index (χ4v) is 2.22. The maximum atomic E-state index is 12.0. The van der Waals surface area contributed by atoms with Gasteiger partial charge in [0.1, 0.15) is 5.56 Å². The average molecular weight is 298 g/mol. The minimum absolute atomic E-state index is 0.120. The first-order valence-electron chi connectivity index (χ1n) is 6.88. The van der Waals surface area contributed by atoms with Crippen LogP contribution in [-0.4, -0.2) is 22.4 Å². The molecule has 0 unspecified atom stereocenters. The van der Waals surface area contributed by atoms with Gasteiger partial charge in [0, 0.05) is 0 Å². The van der Waals surface area contributed by atoms with Crippen molar-refractivity contribution in [3.63, 3.8) is 0 Å². The van der Waals surface area contributed by atoms with Crippen LogP contribution in [0.25, 0.3) is 16.8 Å². The van der Waals surface area contributed by atoms with Crippen molar-refractivity contribution < 1.29 is 13.9 Å². The van der Waals surface area contributed by atoms with Crippen molar-refractivity contribution in [2.45, 2.75) is 13.8 Å². The van der Waals surface area contributed by atoms with Crippen molar-refractivity contribution in [2.24, 2.45) is 0 Å². The fourth-order valence-electron chi connectivity index (χ4n) is 2.22. The predicted molar refractivity (Wildman–Crippen MR) is 80.3 cm³/mol. The van der Waals surface area contributed by atoms with Gasteiger partial charge < -0.3 is 9.15 Å². The molecule has 0 aliphatic carbocycles. The molecule has 2 heterocycles. The van der Waals surface area contributed by atoms with Gasteiger partial charge in [0.05, 0.1) is 23.4 Å². The van der Waals surface area contributed by atoms with Crippen LogP contribution in [0.3, 0.4) is 0 Å². The molecule has 0 N–H and O–H groups in total. The Kier molecular flexibility index (Phi) is 3.50. The van der Waals surface area contributed by atoms with Crippen LogP contribution >= 0.6 is 0 Å². The highest BCUT2D eigenvalue weighted by atomic mass is 16.5. The van der Waals surface area contributed by atoms with E-state index < -0.39 is 11.6 Å². The molecule has 0 amide bonds. The molecule has 0 bridgehead atoms. The van der Waals surface area contributed by atoms with E-state index in [9.17, 15) is 9.59 Å². The molecule has 6 nitrogen and oxygen atoms in total. The molecule has 3 rings (SSSR count). The van der Waals surface area contributed by atoms with Gasteiger partial charge in [-0.15, -0.1) is 0 Å². The van der Waals surface area contributed by atoms with Crippen molar-refractivity contribution >= 4 is 17.1 Å². The van der Waals surface area contributed by atoms with Gasteiger partial charge in [-0.2, -0.15) is 9.78 Å². The summed E-state index contributed by atoms with van der Waals surface area (Å²) in [5, 5.41) is 4.98. The molecule has 0 spiro atoms. The van der Waals surface area contributed by atoms with Gasteiger partial charge in [0.25, 0.3) is 0 Å². The molecule has 2 aromatic heterocycles. The number of benzene rings is 1. The molecule has 22 heavy (non-hydrogen) atoms. The highest BCUT2D eigenvalue weighted by Gasteiger charge is 2.19. The minimum atomic E-state index is -0.733. The molecule has 0 fully saturated rings. The van der Waals surface area contributed by atoms with Crippen LogP contribution in [0.4, 0.5) is 0 Å². The van der Waals surface area contributed by atoms with Crippen LogP contribution in [0.5, 0.6) is 0 Å². The molecule has 0 saturated carbocycles. The first-order valence-corrected chi connectivity index (χ1v) is 6.88. The van der Waals surface area contributed by atoms with Gasteiger partial charge in [-0.1, -0.05) is 18.2 Å². The molecule has 0 aliphatic rings. The molecule has 0 radical (unpaired) electrons. The smallest absolute Gasteiger partial charge is 0.352 e. The van der Waals surface area contributed by atoms with E-state index in [1.807, 2.05) is 30.3 Å². The number of carbonyl (C=O) groups excluding carboxylic acids is 1. The van der Waals surface area contributed by atoms with Gasteiger partial charge in [0.2, 0.25) is 5.71 Å². The number of para-hydroxylation sites is 1. The van der Waals surface area contributed by atoms with E-state index in [-0.39, 0.29) is 12.2 Å². The Balaban J connectivity index is 2.22. The fraction of sp³-hybridized carbons (Fsp3) is 0.188. The van der Waals surface area contributed by atoms with E-state index in [4.69, 9.17) is 9.15 Å². The summed E-state index contributed by atoms with van der Waals surface area (Å²) >= 11 is 0. The Morgan fingerprint density at radius 1 is 1.32 bits per heavy atom. The molecular weight excluding hydrogens is 284 g/mol. The zero-order chi connectivity index (χ0) is 15.7. The van der Waals surface area contributed by atoms with Crippen molar-refractivity contribution in [2.75, 3.05) is 6.61 Å². The van der Waals surface area contributed by atoms with Gasteiger partial charge in [0.15, 0.2) is 0 Å². The van der Waals surface area contributed by atoms with E-state index in [0.717, 1.165) is 5.69 Å². The number of ether oxygens (including phenoxy) is 1. The second kappa shape index (κ2) is 5.48. The summed E-state index contributed by atoms with van der Waals surface area (Å²) in [6.45, 7) is 3.66. The van der Waals surface area contributed by atoms with Gasteiger partial charge in [-0.05, 0) is 32.0 Å². The number of hydrogen-bond acceptors (Lipinski definition) is 5. The van der Waals surface area contributed by atoms with Crippen LogP contribution in [-0.2, 0) is 4.74 Å². The van der Waals surface area contributed by atoms with Crippen molar-refractivity contribution in [3.05, 3.63) is 58.1 Å². The van der Waals surface area contributed by atoms with Crippen LogP contribution in [0.15, 0.2) is 45.6 Å². The van der Waals surface area contributed by atoms with E-state index in [1.54, 1.807) is 18.5 Å². The second-order valence-corrected chi connectivity index (χ2v) is 4.72. The number of aryl methyl sites for hydroxylation is 1. The number of esters is 1. The van der Waals surface area contributed by atoms with Gasteiger partial charge >= 0.3 is 11.6 Å². The largest absolute Gasteiger partial charge is 0.462 e. The number of aromatic nitrogens is 2. The van der Waals surface area contributed by atoms with Crippen molar-refractivity contribution in [3.8, 4) is 5.69 Å². The van der Waals surface area contributed by atoms with Gasteiger partial charge in [-0.3, -0.25) is 0 Å². The second-order valence-electron chi connectivity index (χ2n) is 4.72. The van der Waals surface area contributed by atoms with E-state index in [2.05, 4.69) is 5.10 Å². The quantitative estimate of drug-likeness (QED) is 0.694. The summed E-state index contributed by atoms with van der Waals surface area (Å²) < 4.78 is 11.7. The summed E-state index contributed by atoms with van der Waals surface area (Å²) in [4.78, 5) is 23.8. The Morgan fingerprint density at radius 3 is 2.73 bits per heavy atom. The lowest BCUT2D eigenvalue weighted by atomic mass is 10.2. The molecule has 0 saturated heterocycles. The maximum Gasteiger partial charge on any atom is 0.352 e. The van der Waals surface area contributed by atoms with E-state index in [0.29, 0.717) is 16.8 Å². The number of hydrogen-bond donors (Lipinski definition) is 0. The SMILES string of the molecule is CCOC(=O)c1cc2c(C)nn(-c3ccccc3)c2oc1=O. The third-order valence-corrected chi connectivity index (χ3v) is 3.26. The molecule has 3 aromatic rings. The Hall–Kier alpha value is -2.89. The Bertz CT molecular complexity index is 894. The van der Waals surface area contributed by atoms with Gasteiger partial charge in [-0.25, -0.2) is 9.59 Å². The summed E-state index contributed by atoms with van der Waals surface area (Å²) in [6.07, 6.45) is 0. The maximum absolute atomic E-state index is 12.0. The standard InChI is InChI=1S/C16H14N2O4/c1-3-21-15(19)13-9-12-10(2)17-18(14(12)22-16(13)20)11-7-5-4-6-8-11/h4-9H,3H2,1-2H3. The molecule has 1 aromatic carbocycles. The topological polar surface area (TPSA) is 74.3 Å². The lowest BCUT2D eigenvalue weighted by Gasteiger charge is -2.03. The number of rotatable bonds is 3. The highest BCUT2D eigenvalue weighted by Crippen LogP contribution is 2.21. The normalized spacial score (nSPS) is 10.8. The predicted octanol–water partition coefficient (Wildman–Crippen LogP) is 2.46. The summed E-state index contributed by atoms with van der Waals surface area (Å²) in [5.74, 6) is -0.690. The average Bonchev–Trinajstić information content (AvgIpc) is 2.84. The van der Waals surface area contributed by atoms with Crippen LogP contribution in [0, 0.1) is 6.92 Å². The first kappa shape index (κ1) is 14.1. The molecular formula is C16H14N2O4. The zero-order valence-corrected chi connectivity index (χ0v) is 12.2. The number of nitrogens with zero attached hydrogens (tertiary/aromatic N) is 2. The zero-order valence-electron chi connectivity index (χ0n) is 12.2. The summed E-state index contributed by atoms with van der Waals surface area (Å²) in [6, 6.07) is 10.8. The number of carbonyl (C=O) groups is 1. The Morgan fingerprint density at radius 2 is 2.05 bits per heavy atom. The summed E-state index contributed by atoms with van der Waals surface area (Å²) in [7, 11) is 0. The number of fused-ring (bicyclic) bond motifs is 1. The Labute approximate surface area is 125 Å². The molecule has 0 atom stereocenters. The van der Waals surface area contributed by atoms with E-state index in [1.165, 1.54) is 6.07 Å². The van der Waals surface area contributed by atoms with Crippen molar-refractivity contribution in [1.82, 2.24) is 9.78 Å². The van der Waals surface area contributed by atoms with Crippen LogP contribution < -0.4 is 5.63 Å². The van der Waals surface area contributed by atoms with Crippen molar-refractivity contribution in [1.29, 1.82) is 0 Å².